The average Bonchev–Trinajstić information content (AvgIpc) is 2.78. The quantitative estimate of drug-likeness (QED) is 0.496. The van der Waals surface area contributed by atoms with Crippen LogP contribution in [0.15, 0.2) is 47.4 Å². The van der Waals surface area contributed by atoms with Crippen molar-refractivity contribution in [1.29, 1.82) is 5.26 Å². The van der Waals surface area contributed by atoms with Gasteiger partial charge in [-0.25, -0.2) is 8.42 Å². The summed E-state index contributed by atoms with van der Waals surface area (Å²) in [6.45, 7) is 1.13. The lowest BCUT2D eigenvalue weighted by Crippen LogP contribution is -2.35. The molecule has 0 atom stereocenters. The third kappa shape index (κ3) is 5.17. The van der Waals surface area contributed by atoms with Crippen molar-refractivity contribution in [1.82, 2.24) is 4.31 Å². The van der Waals surface area contributed by atoms with Crippen molar-refractivity contribution in [3.8, 4) is 17.6 Å². The molecule has 0 saturated carbocycles. The van der Waals surface area contributed by atoms with Gasteiger partial charge in [-0.2, -0.15) is 9.57 Å². The Morgan fingerprint density at radius 3 is 2.40 bits per heavy atom. The number of sulfonamides is 1. The topological polar surface area (TPSA) is 96.7 Å². The van der Waals surface area contributed by atoms with Crippen LogP contribution in [-0.2, 0) is 21.2 Å². The molecule has 158 valence electrons. The molecule has 0 N–H and O–H groups in total. The Labute approximate surface area is 176 Å². The lowest BCUT2D eigenvalue weighted by atomic mass is 10.1. The van der Waals surface area contributed by atoms with Gasteiger partial charge >= 0.3 is 5.97 Å². The number of nitriles is 1. The highest BCUT2D eigenvalue weighted by Gasteiger charge is 2.25. The van der Waals surface area contributed by atoms with Crippen molar-refractivity contribution in [2.45, 2.75) is 37.0 Å². The number of hydrogen-bond donors (Lipinski definition) is 0. The first-order valence-corrected chi connectivity index (χ1v) is 11.3. The Morgan fingerprint density at radius 2 is 1.77 bits per heavy atom. The SMILES string of the molecule is COc1cc(C#N)ccc1OC(=O)CCc1ccc(S(=O)(=O)N2CCCCC2)cc1. The number of methoxy groups -OCH3 is 1. The molecule has 0 bridgehead atoms. The summed E-state index contributed by atoms with van der Waals surface area (Å²) >= 11 is 0. The van der Waals surface area contributed by atoms with Crippen LogP contribution in [0, 0.1) is 11.3 Å². The molecular weight excluding hydrogens is 404 g/mol. The summed E-state index contributed by atoms with van der Waals surface area (Å²) < 4.78 is 37.4. The second-order valence-electron chi connectivity index (χ2n) is 7.06. The van der Waals surface area contributed by atoms with Gasteiger partial charge in [0.2, 0.25) is 10.0 Å². The molecular formula is C22H24N2O5S. The van der Waals surface area contributed by atoms with Crippen LogP contribution in [0.1, 0.15) is 36.8 Å². The third-order valence-corrected chi connectivity index (χ3v) is 6.92. The molecule has 30 heavy (non-hydrogen) atoms. The van der Waals surface area contributed by atoms with Gasteiger partial charge < -0.3 is 9.47 Å². The highest BCUT2D eigenvalue weighted by Crippen LogP contribution is 2.28. The molecule has 3 rings (SSSR count). The smallest absolute Gasteiger partial charge is 0.311 e. The highest BCUT2D eigenvalue weighted by molar-refractivity contribution is 7.89. The largest absolute Gasteiger partial charge is 0.493 e. The molecule has 0 spiro atoms. The van der Waals surface area contributed by atoms with Crippen molar-refractivity contribution in [2.75, 3.05) is 20.2 Å². The predicted molar refractivity (Wildman–Crippen MR) is 111 cm³/mol. The zero-order chi connectivity index (χ0) is 21.6. The van der Waals surface area contributed by atoms with Crippen LogP contribution in [0.5, 0.6) is 11.5 Å². The summed E-state index contributed by atoms with van der Waals surface area (Å²) in [5, 5.41) is 8.93. The standard InChI is InChI=1S/C22H24N2O5S/c1-28-21-15-18(16-23)7-11-20(21)29-22(25)12-8-17-5-9-19(10-6-17)30(26,27)24-13-3-2-4-14-24/h5-7,9-11,15H,2-4,8,12-14H2,1H3. The van der Waals surface area contributed by atoms with Gasteiger partial charge in [0.05, 0.1) is 23.6 Å². The summed E-state index contributed by atoms with van der Waals surface area (Å²) in [7, 11) is -2.02. The van der Waals surface area contributed by atoms with E-state index in [1.165, 1.54) is 23.5 Å². The molecule has 0 aliphatic carbocycles. The summed E-state index contributed by atoms with van der Waals surface area (Å²) in [5.41, 5.74) is 1.25. The summed E-state index contributed by atoms with van der Waals surface area (Å²) in [6.07, 6.45) is 3.39. The van der Waals surface area contributed by atoms with Gasteiger partial charge in [0, 0.05) is 25.6 Å². The number of carbonyl (C=O) groups excluding carboxylic acids is 1. The molecule has 0 aromatic heterocycles. The van der Waals surface area contributed by atoms with Crippen LogP contribution in [0.25, 0.3) is 0 Å². The number of aryl methyl sites for hydroxylation is 1. The van der Waals surface area contributed by atoms with Crippen LogP contribution in [0.4, 0.5) is 0 Å². The van der Waals surface area contributed by atoms with E-state index in [1.807, 2.05) is 6.07 Å². The molecule has 7 nitrogen and oxygen atoms in total. The number of piperidine rings is 1. The van der Waals surface area contributed by atoms with E-state index >= 15 is 0 Å². The number of nitrogens with zero attached hydrogens (tertiary/aromatic N) is 2. The molecule has 2 aromatic rings. The molecule has 0 radical (unpaired) electrons. The van der Waals surface area contributed by atoms with Gasteiger partial charge in [-0.1, -0.05) is 18.6 Å². The highest BCUT2D eigenvalue weighted by atomic mass is 32.2. The van der Waals surface area contributed by atoms with E-state index in [1.54, 1.807) is 30.3 Å². The molecule has 2 aromatic carbocycles. The van der Waals surface area contributed by atoms with Gasteiger partial charge in [0.15, 0.2) is 11.5 Å². The monoisotopic (exact) mass is 428 g/mol. The van der Waals surface area contributed by atoms with E-state index in [2.05, 4.69) is 0 Å². The maximum absolute atomic E-state index is 12.7. The van der Waals surface area contributed by atoms with Gasteiger partial charge in [-0.3, -0.25) is 4.79 Å². The number of ether oxygens (including phenoxy) is 2. The number of benzene rings is 2. The first kappa shape index (κ1) is 21.8. The van der Waals surface area contributed by atoms with E-state index in [-0.39, 0.29) is 17.1 Å². The fraction of sp³-hybridized carbons (Fsp3) is 0.364. The normalized spacial score (nSPS) is 14.7. The van der Waals surface area contributed by atoms with E-state index < -0.39 is 16.0 Å². The summed E-state index contributed by atoms with van der Waals surface area (Å²) in [4.78, 5) is 12.5. The lowest BCUT2D eigenvalue weighted by Gasteiger charge is -2.25. The lowest BCUT2D eigenvalue weighted by molar-refractivity contribution is -0.134. The summed E-state index contributed by atoms with van der Waals surface area (Å²) in [6, 6.07) is 13.2. The van der Waals surface area contributed by atoms with E-state index in [9.17, 15) is 13.2 Å². The molecule has 1 saturated heterocycles. The average molecular weight is 429 g/mol. The molecule has 1 aliphatic heterocycles. The maximum atomic E-state index is 12.7. The second kappa shape index (κ2) is 9.74. The molecule has 0 unspecified atom stereocenters. The van der Waals surface area contributed by atoms with Crippen LogP contribution in [0.3, 0.4) is 0 Å². The van der Waals surface area contributed by atoms with Crippen molar-refractivity contribution in [3.63, 3.8) is 0 Å². The number of hydrogen-bond acceptors (Lipinski definition) is 6. The predicted octanol–water partition coefficient (Wildman–Crippen LogP) is 3.28. The van der Waals surface area contributed by atoms with Crippen molar-refractivity contribution in [2.24, 2.45) is 0 Å². The minimum absolute atomic E-state index is 0.126. The first-order chi connectivity index (χ1) is 14.4. The van der Waals surface area contributed by atoms with Crippen LogP contribution < -0.4 is 9.47 Å². The number of rotatable bonds is 7. The van der Waals surface area contributed by atoms with Crippen molar-refractivity contribution >= 4 is 16.0 Å². The number of carbonyl (C=O) groups is 1. The fourth-order valence-corrected chi connectivity index (χ4v) is 4.84. The molecule has 1 heterocycles. The van der Waals surface area contributed by atoms with Gasteiger partial charge in [0.1, 0.15) is 0 Å². The van der Waals surface area contributed by atoms with E-state index in [4.69, 9.17) is 14.7 Å². The minimum Gasteiger partial charge on any atom is -0.493 e. The van der Waals surface area contributed by atoms with E-state index in [0.717, 1.165) is 24.8 Å². The zero-order valence-corrected chi connectivity index (χ0v) is 17.7. The van der Waals surface area contributed by atoms with Gasteiger partial charge in [-0.05, 0) is 49.1 Å². The first-order valence-electron chi connectivity index (χ1n) is 9.82. The Kier molecular flexibility index (Phi) is 7.08. The third-order valence-electron chi connectivity index (χ3n) is 5.01. The van der Waals surface area contributed by atoms with Crippen LogP contribution in [0.2, 0.25) is 0 Å². The molecule has 1 fully saturated rings. The van der Waals surface area contributed by atoms with E-state index in [0.29, 0.717) is 30.8 Å². The zero-order valence-electron chi connectivity index (χ0n) is 16.8. The van der Waals surface area contributed by atoms with Gasteiger partial charge in [0.25, 0.3) is 0 Å². The molecule has 8 heteroatoms. The van der Waals surface area contributed by atoms with Crippen molar-refractivity contribution < 1.29 is 22.7 Å². The Hall–Kier alpha value is -2.89. The second-order valence-corrected chi connectivity index (χ2v) is 9.00. The Balaban J connectivity index is 1.59. The van der Waals surface area contributed by atoms with Crippen LogP contribution in [-0.4, -0.2) is 38.9 Å². The Morgan fingerprint density at radius 1 is 1.07 bits per heavy atom. The Bertz CT molecular complexity index is 1040. The summed E-state index contributed by atoms with van der Waals surface area (Å²) in [5.74, 6) is 0.127. The molecule has 1 aliphatic rings. The minimum atomic E-state index is -3.46. The molecule has 0 amide bonds. The van der Waals surface area contributed by atoms with Crippen LogP contribution >= 0.6 is 0 Å². The maximum Gasteiger partial charge on any atom is 0.311 e. The van der Waals surface area contributed by atoms with Gasteiger partial charge in [-0.15, -0.1) is 0 Å². The fourth-order valence-electron chi connectivity index (χ4n) is 3.32. The van der Waals surface area contributed by atoms with Crippen molar-refractivity contribution in [3.05, 3.63) is 53.6 Å². The number of esters is 1.